The molecular formula is C26H29F2N3O4. The first kappa shape index (κ1) is 23.6. The molecule has 7 nitrogen and oxygen atoms in total. The van der Waals surface area contributed by atoms with E-state index in [0.29, 0.717) is 30.6 Å². The summed E-state index contributed by atoms with van der Waals surface area (Å²) in [6.07, 6.45) is -3.14. The van der Waals surface area contributed by atoms with Crippen molar-refractivity contribution in [2.75, 3.05) is 11.9 Å². The average Bonchev–Trinajstić information content (AvgIpc) is 3.42. The number of nitrogens with zero attached hydrogens (tertiary/aromatic N) is 1. The predicted molar refractivity (Wildman–Crippen MR) is 128 cm³/mol. The van der Waals surface area contributed by atoms with E-state index in [-0.39, 0.29) is 29.4 Å². The second-order valence-corrected chi connectivity index (χ2v) is 10.4. The first-order valence-electron chi connectivity index (χ1n) is 11.7. The number of aliphatic hydroxyl groups excluding tert-OH is 1. The molecule has 4 N–H and O–H groups in total. The van der Waals surface area contributed by atoms with Gasteiger partial charge in [0.1, 0.15) is 0 Å². The van der Waals surface area contributed by atoms with Crippen LogP contribution in [0.5, 0.6) is 11.5 Å². The van der Waals surface area contributed by atoms with Crippen molar-refractivity contribution in [2.24, 2.45) is 5.73 Å². The van der Waals surface area contributed by atoms with E-state index in [2.05, 4.69) is 46.2 Å². The van der Waals surface area contributed by atoms with E-state index >= 15 is 0 Å². The lowest BCUT2D eigenvalue weighted by Crippen LogP contribution is -2.28. The van der Waals surface area contributed by atoms with Gasteiger partial charge >= 0.3 is 6.29 Å². The molecule has 1 atom stereocenters. The van der Waals surface area contributed by atoms with E-state index < -0.39 is 17.8 Å². The summed E-state index contributed by atoms with van der Waals surface area (Å²) >= 11 is 0. The van der Waals surface area contributed by atoms with Crippen molar-refractivity contribution in [2.45, 2.75) is 63.4 Å². The molecule has 3 aromatic rings. The minimum Gasteiger partial charge on any atom is -0.395 e. The molecule has 1 saturated carbocycles. The topological polar surface area (TPSA) is 98.7 Å². The highest BCUT2D eigenvalue weighted by molar-refractivity contribution is 6.02. The van der Waals surface area contributed by atoms with Crippen LogP contribution in [-0.4, -0.2) is 34.5 Å². The standard InChI is InChI=1S/C26H29F2N3O4/c1-24(2,3)22-11-15-10-17(5-6-19(15)31(22)14-18(32)13-29)30-23(33)25(8-9-25)16-4-7-20-21(12-16)35-26(27,28)34-20/h4-7,10-12,18,32H,8-9,13-14,29H2,1-3H3,(H,30,33)/t18-/m1/s1. The van der Waals surface area contributed by atoms with Crippen LogP contribution in [0.2, 0.25) is 0 Å². The van der Waals surface area contributed by atoms with Crippen LogP contribution in [0.4, 0.5) is 14.5 Å². The summed E-state index contributed by atoms with van der Waals surface area (Å²) in [7, 11) is 0. The highest BCUT2D eigenvalue weighted by Crippen LogP contribution is 2.52. The smallest absolute Gasteiger partial charge is 0.395 e. The van der Waals surface area contributed by atoms with Crippen LogP contribution in [0.15, 0.2) is 42.5 Å². The SMILES string of the molecule is CC(C)(C)c1cc2cc(NC(=O)C3(c4ccc5c(c4)OC(F)(F)O5)CC3)ccc2n1C[C@H](O)CN. The molecule has 35 heavy (non-hydrogen) atoms. The highest BCUT2D eigenvalue weighted by Gasteiger charge is 2.52. The van der Waals surface area contributed by atoms with Gasteiger partial charge in [0.15, 0.2) is 11.5 Å². The molecule has 0 saturated heterocycles. The molecule has 0 spiro atoms. The molecule has 0 radical (unpaired) electrons. The van der Waals surface area contributed by atoms with E-state index in [4.69, 9.17) is 5.73 Å². The van der Waals surface area contributed by atoms with Gasteiger partial charge in [-0.05, 0) is 54.8 Å². The Balaban J connectivity index is 1.42. The van der Waals surface area contributed by atoms with Crippen molar-refractivity contribution in [3.05, 3.63) is 53.7 Å². The largest absolute Gasteiger partial charge is 0.586 e. The number of amides is 1. The van der Waals surface area contributed by atoms with Gasteiger partial charge in [0.05, 0.1) is 18.1 Å². The molecule has 2 aliphatic rings. The van der Waals surface area contributed by atoms with Gasteiger partial charge in [0, 0.05) is 34.2 Å². The third-order valence-electron chi connectivity index (χ3n) is 6.73. The van der Waals surface area contributed by atoms with Crippen LogP contribution >= 0.6 is 0 Å². The number of aromatic nitrogens is 1. The molecule has 1 fully saturated rings. The number of hydrogen-bond donors (Lipinski definition) is 3. The van der Waals surface area contributed by atoms with Crippen LogP contribution in [-0.2, 0) is 22.2 Å². The number of carbonyl (C=O) groups is 1. The lowest BCUT2D eigenvalue weighted by Gasteiger charge is -2.23. The van der Waals surface area contributed by atoms with Gasteiger partial charge in [-0.3, -0.25) is 4.79 Å². The van der Waals surface area contributed by atoms with Crippen LogP contribution < -0.4 is 20.5 Å². The maximum atomic E-state index is 13.4. The minimum atomic E-state index is -3.70. The van der Waals surface area contributed by atoms with Gasteiger partial charge in [-0.1, -0.05) is 26.8 Å². The number of nitrogens with two attached hydrogens (primary N) is 1. The number of benzene rings is 2. The van der Waals surface area contributed by atoms with Crippen molar-refractivity contribution in [1.29, 1.82) is 0 Å². The zero-order chi connectivity index (χ0) is 25.2. The number of aliphatic hydroxyl groups is 1. The Bertz CT molecular complexity index is 1310. The van der Waals surface area contributed by atoms with Gasteiger partial charge in [0.2, 0.25) is 5.91 Å². The summed E-state index contributed by atoms with van der Waals surface area (Å²) < 4.78 is 37.9. The third-order valence-corrected chi connectivity index (χ3v) is 6.73. The summed E-state index contributed by atoms with van der Waals surface area (Å²) in [5, 5.41) is 14.1. The Morgan fingerprint density at radius 2 is 1.86 bits per heavy atom. The van der Waals surface area contributed by atoms with Gasteiger partial charge in [-0.15, -0.1) is 8.78 Å². The Labute approximate surface area is 201 Å². The Morgan fingerprint density at radius 3 is 2.51 bits per heavy atom. The van der Waals surface area contributed by atoms with E-state index in [0.717, 1.165) is 16.6 Å². The summed E-state index contributed by atoms with van der Waals surface area (Å²) in [6.45, 7) is 6.86. The van der Waals surface area contributed by atoms with E-state index in [1.807, 2.05) is 18.2 Å². The summed E-state index contributed by atoms with van der Waals surface area (Å²) in [5.41, 5.74) is 7.94. The molecule has 1 aromatic heterocycles. The van der Waals surface area contributed by atoms with Crippen molar-refractivity contribution < 1.29 is 28.2 Å². The summed E-state index contributed by atoms with van der Waals surface area (Å²) in [6, 6.07) is 12.2. The average molecular weight is 486 g/mol. The summed E-state index contributed by atoms with van der Waals surface area (Å²) in [5.74, 6) is -0.306. The van der Waals surface area contributed by atoms with Gasteiger partial charge in [0.25, 0.3) is 0 Å². The molecule has 1 aliphatic heterocycles. The number of alkyl halides is 2. The van der Waals surface area contributed by atoms with E-state index in [1.165, 1.54) is 12.1 Å². The molecule has 5 rings (SSSR count). The molecular weight excluding hydrogens is 456 g/mol. The second kappa shape index (κ2) is 7.93. The summed E-state index contributed by atoms with van der Waals surface area (Å²) in [4.78, 5) is 13.3. The second-order valence-electron chi connectivity index (χ2n) is 10.4. The molecule has 0 unspecified atom stereocenters. The van der Waals surface area contributed by atoms with Gasteiger partial charge in [-0.25, -0.2) is 0 Å². The first-order valence-corrected chi connectivity index (χ1v) is 11.7. The van der Waals surface area contributed by atoms with Crippen molar-refractivity contribution in [1.82, 2.24) is 4.57 Å². The molecule has 1 aliphatic carbocycles. The molecule has 0 bridgehead atoms. The number of carbonyl (C=O) groups excluding carboxylic acids is 1. The molecule has 2 heterocycles. The van der Waals surface area contributed by atoms with Gasteiger partial charge < -0.3 is 30.2 Å². The van der Waals surface area contributed by atoms with Crippen molar-refractivity contribution in [3.8, 4) is 11.5 Å². The van der Waals surface area contributed by atoms with Crippen LogP contribution in [0.3, 0.4) is 0 Å². The molecule has 9 heteroatoms. The normalized spacial score (nSPS) is 18.5. The zero-order valence-corrected chi connectivity index (χ0v) is 19.9. The first-order chi connectivity index (χ1) is 16.4. The lowest BCUT2D eigenvalue weighted by atomic mass is 9.92. The molecule has 1 amide bonds. The number of halogens is 2. The fourth-order valence-corrected chi connectivity index (χ4v) is 4.72. The Kier molecular flexibility index (Phi) is 5.34. The fraction of sp³-hybridized carbons (Fsp3) is 0.423. The van der Waals surface area contributed by atoms with Gasteiger partial charge in [-0.2, -0.15) is 0 Å². The monoisotopic (exact) mass is 485 g/mol. The van der Waals surface area contributed by atoms with Crippen LogP contribution in [0.25, 0.3) is 10.9 Å². The number of rotatable bonds is 6. The van der Waals surface area contributed by atoms with E-state index in [1.54, 1.807) is 6.07 Å². The lowest BCUT2D eigenvalue weighted by molar-refractivity contribution is -0.286. The number of nitrogens with one attached hydrogen (secondary N) is 1. The van der Waals surface area contributed by atoms with Crippen LogP contribution in [0.1, 0.15) is 44.9 Å². The Hall–Kier alpha value is -3.17. The zero-order valence-electron chi connectivity index (χ0n) is 19.9. The number of anilines is 1. The highest BCUT2D eigenvalue weighted by atomic mass is 19.3. The maximum absolute atomic E-state index is 13.4. The minimum absolute atomic E-state index is 0.0423. The third kappa shape index (κ3) is 4.23. The number of ether oxygens (including phenoxy) is 2. The number of fused-ring (bicyclic) bond motifs is 2. The maximum Gasteiger partial charge on any atom is 0.586 e. The van der Waals surface area contributed by atoms with E-state index in [9.17, 15) is 18.7 Å². The molecule has 2 aromatic carbocycles. The predicted octanol–water partition coefficient (Wildman–Crippen LogP) is 4.25. The Morgan fingerprint density at radius 1 is 1.14 bits per heavy atom. The molecule has 186 valence electrons. The van der Waals surface area contributed by atoms with Crippen molar-refractivity contribution >= 4 is 22.5 Å². The fourth-order valence-electron chi connectivity index (χ4n) is 4.72. The van der Waals surface area contributed by atoms with Crippen molar-refractivity contribution in [3.63, 3.8) is 0 Å². The number of hydrogen-bond acceptors (Lipinski definition) is 5. The van der Waals surface area contributed by atoms with Crippen LogP contribution in [0, 0.1) is 0 Å². The quantitative estimate of drug-likeness (QED) is 0.485.